The van der Waals surface area contributed by atoms with Crippen LogP contribution in [0.15, 0.2) is 72.8 Å². The lowest BCUT2D eigenvalue weighted by Crippen LogP contribution is -1.88. The third kappa shape index (κ3) is 3.57. The van der Waals surface area contributed by atoms with Gasteiger partial charge in [-0.05, 0) is 84.5 Å². The monoisotopic (exact) mass is 429 g/mol. The number of aromatic nitrogens is 4. The van der Waals surface area contributed by atoms with Gasteiger partial charge in [-0.3, -0.25) is 0 Å². The van der Waals surface area contributed by atoms with E-state index in [1.54, 1.807) is 0 Å². The van der Waals surface area contributed by atoms with E-state index < -0.39 is 0 Å². The van der Waals surface area contributed by atoms with Crippen molar-refractivity contribution in [3.05, 3.63) is 101 Å². The summed E-state index contributed by atoms with van der Waals surface area (Å²) in [6.07, 6.45) is 6.15. The van der Waals surface area contributed by atoms with E-state index in [-0.39, 0.29) is 0 Å². The van der Waals surface area contributed by atoms with Gasteiger partial charge in [0.25, 0.3) is 0 Å². The van der Waals surface area contributed by atoms with Crippen molar-refractivity contribution in [1.82, 2.24) is 19.9 Å². The number of aromatic amines is 2. The van der Waals surface area contributed by atoms with Gasteiger partial charge in [0.1, 0.15) is 5.75 Å². The number of fused-ring (bicyclic) bond motifs is 8. The minimum atomic E-state index is 0.747. The number of hydrogen-bond acceptors (Lipinski definition) is 3. The fraction of sp³-hybridized carbons (Fsp3) is 0. The molecule has 2 aliphatic rings. The molecule has 0 spiro atoms. The zero-order valence-electron chi connectivity index (χ0n) is 17.0. The van der Waals surface area contributed by atoms with Gasteiger partial charge in [0, 0.05) is 27.6 Å². The number of nitrogens with one attached hydrogen (secondary N) is 2. The molecule has 1 aromatic carbocycles. The van der Waals surface area contributed by atoms with Crippen LogP contribution in [0.1, 0.15) is 28.3 Å². The molecule has 0 fully saturated rings. The molecule has 4 aromatic rings. The van der Waals surface area contributed by atoms with Gasteiger partial charge < -0.3 is 14.4 Å². The molecule has 2 N–H and O–H groups in total. The molecule has 5 nitrogen and oxygen atoms in total. The Hall–Kier alpha value is -4.16. The largest absolute Gasteiger partial charge is 0.540 e. The molecule has 0 unspecified atom stereocenters. The molecular formula is C26H17N4OSi. The van der Waals surface area contributed by atoms with Crippen molar-refractivity contribution in [2.75, 3.05) is 0 Å². The summed E-state index contributed by atoms with van der Waals surface area (Å²) in [6, 6.07) is 24.3. The zero-order valence-corrected chi connectivity index (χ0v) is 18.0. The summed E-state index contributed by atoms with van der Waals surface area (Å²) < 4.78 is 5.12. The molecular weight excluding hydrogens is 412 g/mol. The van der Waals surface area contributed by atoms with Crippen molar-refractivity contribution < 1.29 is 4.43 Å². The summed E-state index contributed by atoms with van der Waals surface area (Å²) in [6.45, 7) is 0. The molecule has 0 atom stereocenters. The maximum atomic E-state index is 5.12. The summed E-state index contributed by atoms with van der Waals surface area (Å²) in [5.74, 6) is 0.747. The molecule has 0 aliphatic carbocycles. The van der Waals surface area contributed by atoms with Crippen molar-refractivity contribution >= 4 is 56.4 Å². The Labute approximate surface area is 187 Å². The average molecular weight is 430 g/mol. The summed E-state index contributed by atoms with van der Waals surface area (Å²) in [7, 11) is 3.08. The minimum Gasteiger partial charge on any atom is -0.540 e. The van der Waals surface area contributed by atoms with Crippen LogP contribution < -0.4 is 4.43 Å². The normalized spacial score (nSPS) is 12.6. The Bertz CT molecular complexity index is 1560. The van der Waals surface area contributed by atoms with Crippen LogP contribution in [0, 0.1) is 0 Å². The van der Waals surface area contributed by atoms with Crippen LogP contribution in [0.3, 0.4) is 0 Å². The second-order valence-corrected chi connectivity index (χ2v) is 7.92. The van der Waals surface area contributed by atoms with Crippen LogP contribution in [-0.4, -0.2) is 30.4 Å². The van der Waals surface area contributed by atoms with E-state index in [2.05, 4.69) is 67.9 Å². The Morgan fingerprint density at radius 3 is 1.78 bits per heavy atom. The smallest absolute Gasteiger partial charge is 0.341 e. The highest BCUT2D eigenvalue weighted by Gasteiger charge is 2.13. The van der Waals surface area contributed by atoms with Gasteiger partial charge in [-0.15, -0.1) is 0 Å². The van der Waals surface area contributed by atoms with Gasteiger partial charge in [0.2, 0.25) is 0 Å². The molecule has 0 saturated heterocycles. The first-order chi connectivity index (χ1) is 15.7. The molecule has 3 radical (unpaired) electrons. The van der Waals surface area contributed by atoms with Crippen LogP contribution in [0.5, 0.6) is 5.75 Å². The number of H-pyrrole nitrogens is 2. The van der Waals surface area contributed by atoms with Crippen molar-refractivity contribution in [1.29, 1.82) is 0 Å². The fourth-order valence-electron chi connectivity index (χ4n) is 3.95. The molecule has 2 aliphatic heterocycles. The third-order valence-corrected chi connectivity index (χ3v) is 5.68. The lowest BCUT2D eigenvalue weighted by Gasteiger charge is -2.04. The van der Waals surface area contributed by atoms with E-state index in [9.17, 15) is 0 Å². The summed E-state index contributed by atoms with van der Waals surface area (Å²) in [5, 5.41) is 0. The Balaban J connectivity index is 1.60. The van der Waals surface area contributed by atoms with E-state index in [1.807, 2.05) is 48.6 Å². The first-order valence-electron chi connectivity index (χ1n) is 10.2. The van der Waals surface area contributed by atoms with Gasteiger partial charge in [-0.2, -0.15) is 0 Å². The van der Waals surface area contributed by atoms with Gasteiger partial charge in [-0.25, -0.2) is 9.97 Å². The topological polar surface area (TPSA) is 66.6 Å². The first-order valence-corrected chi connectivity index (χ1v) is 10.7. The standard InChI is InChI=1S/C26H17N4OSi/c32-31-24-9-1-16(2-10-24)25-14-23-13-21-6-5-19(28-21)11-17-3-4-18(27-17)12-20-7-8-22(29-20)15-26(25)30-23/h1-15,28-29H. The summed E-state index contributed by atoms with van der Waals surface area (Å²) in [5.41, 5.74) is 9.71. The molecule has 6 heteroatoms. The number of benzene rings is 1. The van der Waals surface area contributed by atoms with Crippen LogP contribution in [-0.2, 0) is 0 Å². The van der Waals surface area contributed by atoms with Gasteiger partial charge in [0.15, 0.2) is 0 Å². The highest BCUT2D eigenvalue weighted by molar-refractivity contribution is 6.00. The van der Waals surface area contributed by atoms with E-state index in [0.29, 0.717) is 0 Å². The first kappa shape index (κ1) is 18.6. The lowest BCUT2D eigenvalue weighted by molar-refractivity contribution is 0.616. The van der Waals surface area contributed by atoms with Crippen molar-refractivity contribution in [2.45, 2.75) is 0 Å². The second kappa shape index (κ2) is 7.51. The molecule has 0 saturated carbocycles. The van der Waals surface area contributed by atoms with Gasteiger partial charge in [-0.1, -0.05) is 12.1 Å². The predicted octanol–water partition coefficient (Wildman–Crippen LogP) is 5.54. The summed E-state index contributed by atoms with van der Waals surface area (Å²) >= 11 is 0. The van der Waals surface area contributed by atoms with Crippen LogP contribution in [0.4, 0.5) is 0 Å². The quantitative estimate of drug-likeness (QED) is 0.355. The van der Waals surface area contributed by atoms with E-state index in [4.69, 9.17) is 9.41 Å². The van der Waals surface area contributed by atoms with Crippen molar-refractivity contribution in [3.8, 4) is 5.75 Å². The number of nitrogens with zero attached hydrogens (tertiary/aromatic N) is 2. The lowest BCUT2D eigenvalue weighted by atomic mass is 10.0. The second-order valence-electron chi connectivity index (χ2n) is 7.72. The Morgan fingerprint density at radius 1 is 0.625 bits per heavy atom. The Morgan fingerprint density at radius 2 is 1.19 bits per heavy atom. The van der Waals surface area contributed by atoms with Crippen molar-refractivity contribution in [2.24, 2.45) is 0 Å². The molecule has 8 bridgehead atoms. The molecule has 32 heavy (non-hydrogen) atoms. The molecule has 151 valence electrons. The van der Waals surface area contributed by atoms with Crippen LogP contribution in [0.25, 0.3) is 45.9 Å². The third-order valence-electron chi connectivity index (χ3n) is 5.45. The van der Waals surface area contributed by atoms with Crippen molar-refractivity contribution in [3.63, 3.8) is 0 Å². The molecule has 3 aromatic heterocycles. The van der Waals surface area contributed by atoms with Crippen LogP contribution in [0.2, 0.25) is 0 Å². The van der Waals surface area contributed by atoms with Gasteiger partial charge >= 0.3 is 10.5 Å². The maximum absolute atomic E-state index is 5.12. The number of hydrogen-bond donors (Lipinski definition) is 2. The van der Waals surface area contributed by atoms with E-state index in [0.717, 1.165) is 61.7 Å². The maximum Gasteiger partial charge on any atom is 0.341 e. The molecule has 0 amide bonds. The molecule has 6 rings (SSSR count). The summed E-state index contributed by atoms with van der Waals surface area (Å²) in [4.78, 5) is 16.5. The van der Waals surface area contributed by atoms with E-state index in [1.165, 1.54) is 0 Å². The fourth-order valence-corrected chi connectivity index (χ4v) is 4.08. The predicted molar refractivity (Wildman–Crippen MR) is 130 cm³/mol. The van der Waals surface area contributed by atoms with Crippen LogP contribution >= 0.6 is 0 Å². The highest BCUT2D eigenvalue weighted by Crippen LogP contribution is 2.30. The van der Waals surface area contributed by atoms with Gasteiger partial charge in [0.05, 0.1) is 22.8 Å². The minimum absolute atomic E-state index is 0.747. The zero-order chi connectivity index (χ0) is 21.5. The average Bonchev–Trinajstić information content (AvgIpc) is 3.59. The number of rotatable bonds is 2. The van der Waals surface area contributed by atoms with E-state index >= 15 is 0 Å². The SMILES string of the molecule is [Si]Oc1ccc(C2=Cc3cc4ccc(cc5nc(cc6ccc(cc2n3)[nH]6)C=C5)[nH]4)cc1. The highest BCUT2D eigenvalue weighted by atomic mass is 28.2. The Kier molecular flexibility index (Phi) is 4.36. The molecule has 5 heterocycles.